The summed E-state index contributed by atoms with van der Waals surface area (Å²) < 4.78 is 11.6. The lowest BCUT2D eigenvalue weighted by Gasteiger charge is -2.03. The second kappa shape index (κ2) is 5.70. The molecular weight excluding hydrogens is 300 g/mol. The molecule has 0 radical (unpaired) electrons. The molecule has 0 spiro atoms. The quantitative estimate of drug-likeness (QED) is 0.516. The highest BCUT2D eigenvalue weighted by atomic mass is 79.9. The molecule has 1 aromatic heterocycles. The Morgan fingerprint density at radius 2 is 2.28 bits per heavy atom. The Morgan fingerprint density at radius 1 is 1.44 bits per heavy atom. The molecule has 0 fully saturated rings. The number of hydrogen-bond donors (Lipinski definition) is 2. The molecule has 0 aliphatic rings. The first-order valence-corrected chi connectivity index (χ1v) is 5.95. The maximum Gasteiger partial charge on any atom is 0.268 e. The van der Waals surface area contributed by atoms with E-state index >= 15 is 0 Å². The van der Waals surface area contributed by atoms with Gasteiger partial charge in [-0.2, -0.15) is 0 Å². The van der Waals surface area contributed by atoms with Gasteiger partial charge in [-0.25, -0.2) is 5.84 Å². The van der Waals surface area contributed by atoms with Crippen LogP contribution in [0.1, 0.15) is 16.1 Å². The van der Waals surface area contributed by atoms with Crippen LogP contribution in [0.3, 0.4) is 0 Å². The van der Waals surface area contributed by atoms with E-state index in [2.05, 4.69) is 15.9 Å². The number of carbonyl (C=O) groups excluding carboxylic acids is 1. The van der Waals surface area contributed by atoms with E-state index in [4.69, 9.17) is 15.0 Å². The fourth-order valence-corrected chi connectivity index (χ4v) is 1.75. The number of ether oxygens (including phenoxy) is 1. The maximum atomic E-state index is 11.2. The van der Waals surface area contributed by atoms with Gasteiger partial charge in [0.1, 0.15) is 24.4 Å². The molecule has 18 heavy (non-hydrogen) atoms. The van der Waals surface area contributed by atoms with Gasteiger partial charge >= 0.3 is 0 Å². The van der Waals surface area contributed by atoms with E-state index in [9.17, 15) is 4.79 Å². The van der Waals surface area contributed by atoms with E-state index in [1.165, 1.54) is 6.26 Å². The SMILES string of the molecule is NNC(=O)c1coc(COc2cccc(Br)c2)c1. The summed E-state index contributed by atoms with van der Waals surface area (Å²) in [4.78, 5) is 11.2. The van der Waals surface area contributed by atoms with Crippen LogP contribution in [0, 0.1) is 0 Å². The molecule has 1 heterocycles. The van der Waals surface area contributed by atoms with Crippen molar-refractivity contribution >= 4 is 21.8 Å². The van der Waals surface area contributed by atoms with Crippen molar-refractivity contribution in [1.82, 2.24) is 5.43 Å². The summed E-state index contributed by atoms with van der Waals surface area (Å²) in [5, 5.41) is 0. The number of nitrogen functional groups attached to an aromatic ring is 1. The zero-order valence-electron chi connectivity index (χ0n) is 9.35. The first kappa shape index (κ1) is 12.7. The highest BCUT2D eigenvalue weighted by Crippen LogP contribution is 2.19. The molecule has 0 saturated carbocycles. The fraction of sp³-hybridized carbons (Fsp3) is 0.0833. The molecule has 6 heteroatoms. The van der Waals surface area contributed by atoms with Crippen LogP contribution in [0.25, 0.3) is 0 Å². The van der Waals surface area contributed by atoms with Crippen LogP contribution < -0.4 is 16.0 Å². The second-order valence-corrected chi connectivity index (χ2v) is 4.44. The number of nitrogens with two attached hydrogens (primary N) is 1. The molecule has 94 valence electrons. The molecule has 3 N–H and O–H groups in total. The smallest absolute Gasteiger partial charge is 0.268 e. The van der Waals surface area contributed by atoms with Crippen molar-refractivity contribution in [1.29, 1.82) is 0 Å². The summed E-state index contributed by atoms with van der Waals surface area (Å²) in [6, 6.07) is 9.04. The Balaban J connectivity index is 1.98. The van der Waals surface area contributed by atoms with Gasteiger partial charge in [-0.15, -0.1) is 0 Å². The Kier molecular flexibility index (Phi) is 4.01. The zero-order chi connectivity index (χ0) is 13.0. The minimum atomic E-state index is -0.396. The van der Waals surface area contributed by atoms with Gasteiger partial charge in [-0.3, -0.25) is 10.2 Å². The molecule has 0 aliphatic carbocycles. The van der Waals surface area contributed by atoms with Crippen molar-refractivity contribution in [2.75, 3.05) is 0 Å². The van der Waals surface area contributed by atoms with E-state index in [1.807, 2.05) is 29.7 Å². The summed E-state index contributed by atoms with van der Waals surface area (Å²) in [7, 11) is 0. The molecule has 0 aliphatic heterocycles. The summed E-state index contributed by atoms with van der Waals surface area (Å²) >= 11 is 3.35. The average Bonchev–Trinajstić information content (AvgIpc) is 2.84. The van der Waals surface area contributed by atoms with Crippen LogP contribution in [-0.4, -0.2) is 5.91 Å². The van der Waals surface area contributed by atoms with Crippen LogP contribution in [0.5, 0.6) is 5.75 Å². The van der Waals surface area contributed by atoms with E-state index in [0.29, 0.717) is 17.1 Å². The third-order valence-corrected chi connectivity index (χ3v) is 2.72. The maximum absolute atomic E-state index is 11.2. The zero-order valence-corrected chi connectivity index (χ0v) is 10.9. The summed E-state index contributed by atoms with van der Waals surface area (Å²) in [5.74, 6) is 5.88. The molecule has 0 bridgehead atoms. The number of nitrogens with one attached hydrogen (secondary N) is 1. The van der Waals surface area contributed by atoms with Crippen LogP contribution >= 0.6 is 15.9 Å². The van der Waals surface area contributed by atoms with Crippen LogP contribution in [0.2, 0.25) is 0 Å². The first-order valence-electron chi connectivity index (χ1n) is 5.16. The number of amides is 1. The molecule has 2 aromatic rings. The van der Waals surface area contributed by atoms with E-state index in [1.54, 1.807) is 6.07 Å². The Labute approximate surface area is 112 Å². The number of furan rings is 1. The van der Waals surface area contributed by atoms with Crippen LogP contribution in [-0.2, 0) is 6.61 Å². The monoisotopic (exact) mass is 310 g/mol. The highest BCUT2D eigenvalue weighted by molar-refractivity contribution is 9.10. The van der Waals surface area contributed by atoms with E-state index in [0.717, 1.165) is 4.47 Å². The van der Waals surface area contributed by atoms with Crippen molar-refractivity contribution in [3.05, 3.63) is 52.4 Å². The van der Waals surface area contributed by atoms with Gasteiger partial charge in [0.2, 0.25) is 0 Å². The van der Waals surface area contributed by atoms with Gasteiger partial charge < -0.3 is 9.15 Å². The Hall–Kier alpha value is -1.79. The van der Waals surface area contributed by atoms with Crippen molar-refractivity contribution < 1.29 is 13.9 Å². The van der Waals surface area contributed by atoms with E-state index < -0.39 is 5.91 Å². The lowest BCUT2D eigenvalue weighted by Crippen LogP contribution is -2.29. The molecular formula is C12H11BrN2O3. The predicted octanol–water partition coefficient (Wildman–Crippen LogP) is 2.22. The predicted molar refractivity (Wildman–Crippen MR) is 68.8 cm³/mol. The minimum Gasteiger partial charge on any atom is -0.486 e. The molecule has 0 atom stereocenters. The lowest BCUT2D eigenvalue weighted by molar-refractivity contribution is 0.0953. The molecule has 0 saturated heterocycles. The average molecular weight is 311 g/mol. The topological polar surface area (TPSA) is 77.5 Å². The fourth-order valence-electron chi connectivity index (χ4n) is 1.37. The van der Waals surface area contributed by atoms with Crippen molar-refractivity contribution in [2.45, 2.75) is 6.61 Å². The Bertz CT molecular complexity index is 554. The molecule has 1 amide bonds. The number of hydrazine groups is 1. The second-order valence-electron chi connectivity index (χ2n) is 3.52. The lowest BCUT2D eigenvalue weighted by atomic mass is 10.3. The van der Waals surface area contributed by atoms with Crippen molar-refractivity contribution in [3.63, 3.8) is 0 Å². The van der Waals surface area contributed by atoms with Gasteiger partial charge in [0.25, 0.3) is 5.91 Å². The summed E-state index contributed by atoms with van der Waals surface area (Å²) in [5.41, 5.74) is 2.40. The molecule has 5 nitrogen and oxygen atoms in total. The number of hydrogen-bond acceptors (Lipinski definition) is 4. The number of carbonyl (C=O) groups is 1. The molecule has 0 unspecified atom stereocenters. The summed E-state index contributed by atoms with van der Waals surface area (Å²) in [6.07, 6.45) is 1.34. The third kappa shape index (κ3) is 3.12. The van der Waals surface area contributed by atoms with Gasteiger partial charge in [0, 0.05) is 4.47 Å². The van der Waals surface area contributed by atoms with Crippen LogP contribution in [0.4, 0.5) is 0 Å². The first-order chi connectivity index (χ1) is 8.69. The normalized spacial score (nSPS) is 10.1. The standard InChI is InChI=1S/C12H11BrN2O3/c13-9-2-1-3-10(5-9)18-7-11-4-8(6-17-11)12(16)15-14/h1-6H,7,14H2,(H,15,16). The summed E-state index contributed by atoms with van der Waals surface area (Å²) in [6.45, 7) is 0.244. The number of benzene rings is 1. The van der Waals surface area contributed by atoms with Gasteiger partial charge in [-0.05, 0) is 24.3 Å². The van der Waals surface area contributed by atoms with Gasteiger partial charge in [0.15, 0.2) is 0 Å². The van der Waals surface area contributed by atoms with Crippen molar-refractivity contribution in [3.8, 4) is 5.75 Å². The van der Waals surface area contributed by atoms with Crippen molar-refractivity contribution in [2.24, 2.45) is 5.84 Å². The number of rotatable bonds is 4. The van der Waals surface area contributed by atoms with Gasteiger partial charge in [0.05, 0.1) is 5.56 Å². The molecule has 1 aromatic carbocycles. The number of halogens is 1. The molecule has 2 rings (SSSR count). The Morgan fingerprint density at radius 3 is 3.00 bits per heavy atom. The van der Waals surface area contributed by atoms with Crippen LogP contribution in [0.15, 0.2) is 45.5 Å². The highest BCUT2D eigenvalue weighted by Gasteiger charge is 2.09. The van der Waals surface area contributed by atoms with E-state index in [-0.39, 0.29) is 6.61 Å². The van der Waals surface area contributed by atoms with Gasteiger partial charge in [-0.1, -0.05) is 22.0 Å². The largest absolute Gasteiger partial charge is 0.486 e. The minimum absolute atomic E-state index is 0.244. The third-order valence-electron chi connectivity index (χ3n) is 2.22.